The van der Waals surface area contributed by atoms with Gasteiger partial charge in [0.2, 0.25) is 5.96 Å². The number of carbonyl (C=O) groups is 1. The van der Waals surface area contributed by atoms with Crippen LogP contribution in [0.25, 0.3) is 0 Å². The lowest BCUT2D eigenvalue weighted by Crippen LogP contribution is -2.40. The van der Waals surface area contributed by atoms with Gasteiger partial charge in [-0.2, -0.15) is 31.8 Å². The monoisotopic (exact) mass is 455 g/mol. The molecule has 13 heteroatoms. The fourth-order valence-electron chi connectivity index (χ4n) is 1.98. The molecule has 0 saturated carbocycles. The van der Waals surface area contributed by atoms with Crippen LogP contribution in [-0.2, 0) is 22.4 Å². The summed E-state index contributed by atoms with van der Waals surface area (Å²) in [5, 5.41) is 9.21. The van der Waals surface area contributed by atoms with Crippen molar-refractivity contribution in [2.45, 2.75) is 18.9 Å². The van der Waals surface area contributed by atoms with Crippen LogP contribution in [0.4, 0.5) is 26.3 Å². The molecule has 0 fully saturated rings. The largest absolute Gasteiger partial charge is 0.493 e. The number of benzene rings is 2. The average molecular weight is 456 g/mol. The van der Waals surface area contributed by atoms with Gasteiger partial charge in [-0.1, -0.05) is 23.7 Å². The molecule has 0 heterocycles. The van der Waals surface area contributed by atoms with Gasteiger partial charge in [0, 0.05) is 6.54 Å². The molecule has 0 aliphatic carbocycles. The van der Waals surface area contributed by atoms with E-state index in [1.54, 1.807) is 0 Å². The van der Waals surface area contributed by atoms with Crippen molar-refractivity contribution >= 4 is 23.5 Å². The highest BCUT2D eigenvalue weighted by atomic mass is 35.5. The van der Waals surface area contributed by atoms with Crippen molar-refractivity contribution < 1.29 is 40.7 Å². The van der Waals surface area contributed by atoms with E-state index in [0.717, 1.165) is 12.1 Å². The summed E-state index contributed by atoms with van der Waals surface area (Å²) in [6, 6.07) is 8.94. The van der Waals surface area contributed by atoms with E-state index in [1.165, 1.54) is 35.8 Å². The smallest absolute Gasteiger partial charge is 0.457 e. The van der Waals surface area contributed by atoms with Crippen LogP contribution in [0.5, 0.6) is 11.5 Å². The Bertz CT molecular complexity index is 916. The Morgan fingerprint density at radius 1 is 1.00 bits per heavy atom. The molecule has 3 N–H and O–H groups in total. The van der Waals surface area contributed by atoms with E-state index >= 15 is 0 Å². The molecule has 0 aromatic heterocycles. The zero-order valence-electron chi connectivity index (χ0n) is 14.6. The van der Waals surface area contributed by atoms with Gasteiger partial charge < -0.3 is 14.9 Å². The van der Waals surface area contributed by atoms with Gasteiger partial charge in [0.05, 0.1) is 10.6 Å². The second-order valence-corrected chi connectivity index (χ2v) is 6.01. The van der Waals surface area contributed by atoms with Crippen molar-refractivity contribution in [1.29, 1.82) is 5.41 Å². The SMILES string of the molecule is N=C(NCc1ccc(Oc2ccc(Cl)c(C(F)(F)F)c2)cc1)NOC(=O)C(F)(F)F. The van der Waals surface area contributed by atoms with Crippen molar-refractivity contribution in [3.63, 3.8) is 0 Å². The molecule has 0 radical (unpaired) electrons. The molecule has 6 nitrogen and oxygen atoms in total. The summed E-state index contributed by atoms with van der Waals surface area (Å²) in [4.78, 5) is 14.2. The number of carbonyl (C=O) groups excluding carboxylic acids is 1. The topological polar surface area (TPSA) is 83.4 Å². The van der Waals surface area contributed by atoms with Gasteiger partial charge in [0.1, 0.15) is 11.5 Å². The van der Waals surface area contributed by atoms with Crippen molar-refractivity contribution in [3.05, 3.63) is 58.6 Å². The molecule has 0 atom stereocenters. The van der Waals surface area contributed by atoms with E-state index < -0.39 is 34.9 Å². The maximum absolute atomic E-state index is 12.9. The van der Waals surface area contributed by atoms with Crippen LogP contribution in [0.1, 0.15) is 11.1 Å². The minimum Gasteiger partial charge on any atom is -0.457 e. The summed E-state index contributed by atoms with van der Waals surface area (Å²) in [7, 11) is 0. The number of hydroxylamine groups is 1. The fraction of sp³-hybridized carbons (Fsp3) is 0.176. The van der Waals surface area contributed by atoms with Crippen LogP contribution >= 0.6 is 11.6 Å². The summed E-state index contributed by atoms with van der Waals surface area (Å²) in [5.74, 6) is -3.09. The zero-order valence-corrected chi connectivity index (χ0v) is 15.4. The predicted octanol–water partition coefficient (Wildman–Crippen LogP) is 4.79. The summed E-state index contributed by atoms with van der Waals surface area (Å²) >= 11 is 5.54. The maximum atomic E-state index is 12.9. The van der Waals surface area contributed by atoms with E-state index in [1.807, 2.05) is 0 Å². The molecule has 0 aliphatic heterocycles. The van der Waals surface area contributed by atoms with Gasteiger partial charge in [-0.25, -0.2) is 4.79 Å². The number of hydrogen-bond donors (Lipinski definition) is 3. The summed E-state index contributed by atoms with van der Waals surface area (Å²) in [6.07, 6.45) is -9.84. The molecular weight excluding hydrogens is 444 g/mol. The Kier molecular flexibility index (Phi) is 7.03. The highest BCUT2D eigenvalue weighted by molar-refractivity contribution is 6.31. The van der Waals surface area contributed by atoms with E-state index in [0.29, 0.717) is 5.56 Å². The Hall–Kier alpha value is -3.15. The third-order valence-corrected chi connectivity index (χ3v) is 3.68. The van der Waals surface area contributed by atoms with E-state index in [4.69, 9.17) is 21.7 Å². The van der Waals surface area contributed by atoms with Crippen molar-refractivity contribution in [3.8, 4) is 11.5 Å². The molecule has 2 rings (SSSR count). The maximum Gasteiger partial charge on any atom is 0.493 e. The molecule has 0 unspecified atom stereocenters. The molecule has 2 aromatic rings. The summed E-state index contributed by atoms with van der Waals surface area (Å²) in [6.45, 7) is -0.0329. The van der Waals surface area contributed by atoms with Crippen molar-refractivity contribution in [2.75, 3.05) is 0 Å². The normalized spacial score (nSPS) is 11.6. The van der Waals surface area contributed by atoms with Crippen LogP contribution in [0, 0.1) is 5.41 Å². The molecule has 2 aromatic carbocycles. The minimum atomic E-state index is -5.20. The molecule has 162 valence electrons. The van der Waals surface area contributed by atoms with Crippen LogP contribution in [0.3, 0.4) is 0 Å². The molecule has 0 aliphatic rings. The Morgan fingerprint density at radius 3 is 2.17 bits per heavy atom. The summed E-state index contributed by atoms with van der Waals surface area (Å²) in [5.41, 5.74) is 1.00. The standard InChI is InChI=1S/C17H12ClF6N3O3/c18-13-6-5-11(7-12(13)16(19,20)21)29-10-3-1-9(2-4-10)8-26-15(25)27-30-14(28)17(22,23)24/h1-7H,8H2,(H3,25,26,27). The third-order valence-electron chi connectivity index (χ3n) is 3.35. The van der Waals surface area contributed by atoms with Crippen molar-refractivity contribution in [1.82, 2.24) is 10.8 Å². The number of hydrogen-bond acceptors (Lipinski definition) is 4. The van der Waals surface area contributed by atoms with Gasteiger partial charge in [-0.15, -0.1) is 0 Å². The second kappa shape index (κ2) is 9.11. The first-order valence-electron chi connectivity index (χ1n) is 7.86. The lowest BCUT2D eigenvalue weighted by Gasteiger charge is -2.13. The first kappa shape index (κ1) is 23.1. The van der Waals surface area contributed by atoms with Crippen LogP contribution in [-0.4, -0.2) is 18.1 Å². The van der Waals surface area contributed by atoms with Gasteiger partial charge in [0.15, 0.2) is 0 Å². The number of alkyl halides is 6. The number of guanidine groups is 1. The van der Waals surface area contributed by atoms with E-state index in [2.05, 4.69) is 10.2 Å². The van der Waals surface area contributed by atoms with Gasteiger partial charge in [0.25, 0.3) is 0 Å². The Morgan fingerprint density at radius 2 is 1.60 bits per heavy atom. The van der Waals surface area contributed by atoms with Crippen LogP contribution < -0.4 is 15.5 Å². The minimum absolute atomic E-state index is 0.0329. The molecule has 0 spiro atoms. The lowest BCUT2D eigenvalue weighted by atomic mass is 10.2. The summed E-state index contributed by atoms with van der Waals surface area (Å²) < 4.78 is 79.9. The quantitative estimate of drug-likeness (QED) is 0.267. The average Bonchev–Trinajstić information content (AvgIpc) is 2.65. The Balaban J connectivity index is 1.90. The third kappa shape index (κ3) is 6.72. The number of halogens is 7. The highest BCUT2D eigenvalue weighted by Crippen LogP contribution is 2.37. The van der Waals surface area contributed by atoms with E-state index in [-0.39, 0.29) is 18.0 Å². The van der Waals surface area contributed by atoms with Crippen LogP contribution in [0.2, 0.25) is 5.02 Å². The highest BCUT2D eigenvalue weighted by Gasteiger charge is 2.41. The van der Waals surface area contributed by atoms with Crippen molar-refractivity contribution in [2.24, 2.45) is 0 Å². The second-order valence-electron chi connectivity index (χ2n) is 5.60. The van der Waals surface area contributed by atoms with Gasteiger partial charge in [-0.3, -0.25) is 5.41 Å². The zero-order chi connectivity index (χ0) is 22.5. The lowest BCUT2D eigenvalue weighted by molar-refractivity contribution is -0.204. The molecule has 0 bridgehead atoms. The van der Waals surface area contributed by atoms with Crippen LogP contribution in [0.15, 0.2) is 42.5 Å². The number of rotatable bonds is 4. The predicted molar refractivity (Wildman–Crippen MR) is 92.8 cm³/mol. The molecule has 0 saturated heterocycles. The molecule has 0 amide bonds. The number of nitrogens with one attached hydrogen (secondary N) is 3. The Labute approximate surface area is 170 Å². The molecular formula is C17H12ClF6N3O3. The van der Waals surface area contributed by atoms with E-state index in [9.17, 15) is 31.1 Å². The fourth-order valence-corrected chi connectivity index (χ4v) is 2.20. The van der Waals surface area contributed by atoms with Gasteiger partial charge in [-0.05, 0) is 35.9 Å². The molecule has 30 heavy (non-hydrogen) atoms. The first-order chi connectivity index (χ1) is 13.9. The van der Waals surface area contributed by atoms with Gasteiger partial charge >= 0.3 is 18.3 Å². The number of ether oxygens (including phenoxy) is 1. The first-order valence-corrected chi connectivity index (χ1v) is 8.24.